The molecular weight excluding hydrogens is 748 g/mol. The lowest BCUT2D eigenvalue weighted by atomic mass is 9.83. The zero-order valence-corrected chi connectivity index (χ0v) is 31.1. The lowest BCUT2D eigenvalue weighted by Crippen LogP contribution is -2.62. The number of oxime groups is 1. The first-order valence-electron chi connectivity index (χ1n) is 17.2. The minimum Gasteiger partial charge on any atom is -0.504 e. The predicted molar refractivity (Wildman–Crippen MR) is 190 cm³/mol. The van der Waals surface area contributed by atoms with Gasteiger partial charge >= 0.3 is 5.97 Å². The summed E-state index contributed by atoms with van der Waals surface area (Å²) >= 11 is 2.34. The normalized spacial score (nSPS) is 26.7. The number of carbonyl (C=O) groups excluding carboxylic acids is 3. The van der Waals surface area contributed by atoms with E-state index in [0.717, 1.165) is 54.9 Å². The van der Waals surface area contributed by atoms with Crippen LogP contribution in [0.5, 0.6) is 11.5 Å². The number of piperidine rings is 1. The number of rotatable bonds is 13. The summed E-state index contributed by atoms with van der Waals surface area (Å²) in [6, 6.07) is 2.47. The smallest absolute Gasteiger partial charge is 0.350 e. The Labute approximate surface area is 315 Å². The lowest BCUT2D eigenvalue weighted by molar-refractivity contribution is -0.945. The summed E-state index contributed by atoms with van der Waals surface area (Å²) in [5.41, 5.74) is 5.15. The number of quaternary nitrogens is 1. The molecule has 21 heteroatoms. The van der Waals surface area contributed by atoms with Crippen LogP contribution in [0.15, 0.2) is 22.9 Å². The molecule has 2 aromatic heterocycles. The van der Waals surface area contributed by atoms with E-state index >= 15 is 0 Å². The Morgan fingerprint density at radius 3 is 2.52 bits per heavy atom. The van der Waals surface area contributed by atoms with Crippen LogP contribution in [0.2, 0.25) is 0 Å². The SMILES string of the molecule is CC(C)(O/N=C(\C(=O)C[C@@H]1C(=O)N2C(c3nn[nH]n3)=C(C[N+]3(C)[C@@H]4CC[C@H]3CC(CC(=O)c3cc(O)c(O)c(F)c3)C4)CS[C@H]12)c1nsc(N)n1)C(=O)O. The maximum absolute atomic E-state index is 14.1. The summed E-state index contributed by atoms with van der Waals surface area (Å²) in [4.78, 5) is 63.2. The van der Waals surface area contributed by atoms with Gasteiger partial charge in [-0.2, -0.15) is 14.6 Å². The summed E-state index contributed by atoms with van der Waals surface area (Å²) in [5.74, 6) is -5.21. The Bertz CT molecular complexity index is 2050. The van der Waals surface area contributed by atoms with Gasteiger partial charge in [-0.15, -0.1) is 22.0 Å². The largest absolute Gasteiger partial charge is 0.504 e. The molecule has 0 spiro atoms. The number of Topliss-reactive ketones (excluding diaryl/α,β-unsaturated/α-hetero) is 2. The van der Waals surface area contributed by atoms with E-state index in [2.05, 4.69) is 42.2 Å². The Kier molecular flexibility index (Phi) is 9.67. The molecule has 7 rings (SSSR count). The first-order chi connectivity index (χ1) is 25.6. The summed E-state index contributed by atoms with van der Waals surface area (Å²) < 4.78 is 18.8. The first-order valence-corrected chi connectivity index (χ1v) is 19.0. The number of nitrogens with zero attached hydrogens (tertiary/aromatic N) is 8. The van der Waals surface area contributed by atoms with Crippen molar-refractivity contribution in [2.75, 3.05) is 25.1 Å². The van der Waals surface area contributed by atoms with E-state index in [-0.39, 0.29) is 70.6 Å². The fraction of sp³-hybridized carbons (Fsp3) is 0.515. The first kappa shape index (κ1) is 37.3. The third-order valence-corrected chi connectivity index (χ3v) is 12.9. The molecule has 0 aliphatic carbocycles. The molecule has 1 amide bonds. The Morgan fingerprint density at radius 1 is 1.19 bits per heavy atom. The molecule has 0 saturated carbocycles. The number of nitrogens with two attached hydrogens (primary N) is 1. The molecule has 3 saturated heterocycles. The number of carboxylic acid groups (broad SMARTS) is 1. The molecule has 286 valence electrons. The molecule has 3 fully saturated rings. The van der Waals surface area contributed by atoms with Crippen molar-refractivity contribution in [3.05, 3.63) is 40.7 Å². The van der Waals surface area contributed by atoms with Gasteiger partial charge in [-0.05, 0) is 37.1 Å². The minimum atomic E-state index is -1.76. The van der Waals surface area contributed by atoms with Gasteiger partial charge in [-0.3, -0.25) is 19.3 Å². The predicted octanol–water partition coefficient (Wildman–Crippen LogP) is 2.33. The van der Waals surface area contributed by atoms with Crippen molar-refractivity contribution in [3.8, 4) is 11.5 Å². The van der Waals surface area contributed by atoms with Crippen molar-refractivity contribution in [1.29, 1.82) is 0 Å². The number of fused-ring (bicyclic) bond motifs is 3. The number of carboxylic acids is 1. The number of tetrazole rings is 1. The third kappa shape index (κ3) is 6.68. The van der Waals surface area contributed by atoms with Gasteiger partial charge < -0.3 is 30.4 Å². The number of benzene rings is 1. The fourth-order valence-corrected chi connectivity index (χ4v) is 9.91. The molecule has 1 aromatic carbocycles. The number of nitrogen functional groups attached to an aromatic ring is 1. The van der Waals surface area contributed by atoms with Gasteiger partial charge in [0.25, 0.3) is 0 Å². The van der Waals surface area contributed by atoms with Crippen molar-refractivity contribution in [2.24, 2.45) is 17.0 Å². The molecule has 6 atom stereocenters. The molecule has 4 aliphatic heterocycles. The van der Waals surface area contributed by atoms with E-state index in [1.54, 1.807) is 4.90 Å². The van der Waals surface area contributed by atoms with Crippen LogP contribution < -0.4 is 5.73 Å². The number of carbonyl (C=O) groups is 4. The number of halogens is 1. The number of amides is 1. The van der Waals surface area contributed by atoms with Crippen LogP contribution in [0.1, 0.15) is 74.4 Å². The number of β-lactam (4-membered cyclic amide) rings is 1. The van der Waals surface area contributed by atoms with E-state index in [1.165, 1.54) is 25.6 Å². The van der Waals surface area contributed by atoms with Gasteiger partial charge in [0.1, 0.15) is 6.54 Å². The highest BCUT2D eigenvalue weighted by molar-refractivity contribution is 8.00. The summed E-state index contributed by atoms with van der Waals surface area (Å²) in [7, 11) is 2.19. The topological polar surface area (TPSA) is 260 Å². The summed E-state index contributed by atoms with van der Waals surface area (Å²) in [5, 5.41) is 47.0. The molecule has 2 bridgehead atoms. The quantitative estimate of drug-likeness (QED) is 0.0416. The minimum absolute atomic E-state index is 0.0179. The van der Waals surface area contributed by atoms with E-state index < -0.39 is 46.0 Å². The zero-order chi connectivity index (χ0) is 38.7. The van der Waals surface area contributed by atoms with Crippen molar-refractivity contribution >= 4 is 63.3 Å². The van der Waals surface area contributed by atoms with Crippen LogP contribution in [-0.2, 0) is 19.2 Å². The monoisotopic (exact) mass is 785 g/mol. The number of hydrogen-bond acceptors (Lipinski definition) is 16. The second-order valence-corrected chi connectivity index (χ2v) is 16.7. The average molecular weight is 786 g/mol. The van der Waals surface area contributed by atoms with Crippen molar-refractivity contribution in [3.63, 3.8) is 0 Å². The van der Waals surface area contributed by atoms with Crippen molar-refractivity contribution in [2.45, 2.75) is 75.4 Å². The Balaban J connectivity index is 1.08. The van der Waals surface area contributed by atoms with Gasteiger partial charge in [0.05, 0.1) is 36.1 Å². The number of hydrogen-bond donors (Lipinski definition) is 5. The lowest BCUT2D eigenvalue weighted by Gasteiger charge is -2.52. The molecular formula is C33H38FN10O8S2+. The standard InChI is InChI=1S/C33H37FN10O8S2/c1-33(2,31(50)51)52-39-24(27-36-32(35)54-40-27)22(46)11-19-29(49)43-25(28-37-41-42-38-28)16(13-53-30(19)43)12-44(3)17-4-5-18(44)7-14(6-17)8-21(45)15-9-20(34)26(48)23(47)10-15/h9-10,14,17-19,30H,4-8,11-13H2,1-3H3,(H5-,35,36,37,38,39,40,41,42,45,46,47,48,50,51)/p+1/t14?,17-,18+,19-,30-,44?/m1/s1. The number of phenolic OH excluding ortho intramolecular Hbond substituents is 2. The number of likely N-dealkylation sites (N-methyl/N-ethyl adjacent to an activating group) is 1. The summed E-state index contributed by atoms with van der Waals surface area (Å²) in [6.07, 6.45) is 3.33. The zero-order valence-electron chi connectivity index (χ0n) is 29.4. The van der Waals surface area contributed by atoms with Gasteiger partial charge in [0, 0.05) is 66.9 Å². The number of aliphatic carboxylic acids is 1. The van der Waals surface area contributed by atoms with Crippen molar-refractivity contribution < 1.29 is 48.2 Å². The number of aromatic nitrogens is 6. The number of aromatic amines is 1. The molecule has 0 radical (unpaired) electrons. The van der Waals surface area contributed by atoms with Crippen LogP contribution in [0.25, 0.3) is 5.70 Å². The molecule has 3 aromatic rings. The Hall–Kier alpha value is -5.02. The van der Waals surface area contributed by atoms with Crippen LogP contribution >= 0.6 is 23.3 Å². The molecule has 4 aliphatic rings. The number of aromatic hydroxyl groups is 2. The van der Waals surface area contributed by atoms with Gasteiger partial charge in [-0.25, -0.2) is 9.18 Å². The molecule has 6 N–H and O–H groups in total. The summed E-state index contributed by atoms with van der Waals surface area (Å²) in [6.45, 7) is 3.13. The highest BCUT2D eigenvalue weighted by Crippen LogP contribution is 2.51. The number of H-pyrrole nitrogens is 1. The van der Waals surface area contributed by atoms with E-state index in [0.29, 0.717) is 22.5 Å². The molecule has 54 heavy (non-hydrogen) atoms. The van der Waals surface area contributed by atoms with Crippen LogP contribution in [0, 0.1) is 17.7 Å². The highest BCUT2D eigenvalue weighted by atomic mass is 32.2. The molecule has 6 heterocycles. The molecule has 2 unspecified atom stereocenters. The number of anilines is 1. The number of thioether (sulfide) groups is 1. The second kappa shape index (κ2) is 14.0. The molecule has 18 nitrogen and oxygen atoms in total. The van der Waals surface area contributed by atoms with Crippen molar-refractivity contribution in [1.82, 2.24) is 34.9 Å². The highest BCUT2D eigenvalue weighted by Gasteiger charge is 2.57. The van der Waals surface area contributed by atoms with Crippen LogP contribution in [0.4, 0.5) is 9.52 Å². The number of ketones is 2. The Morgan fingerprint density at radius 2 is 1.91 bits per heavy atom. The van der Waals surface area contributed by atoms with Gasteiger partial charge in [-0.1, -0.05) is 5.16 Å². The second-order valence-electron chi connectivity index (χ2n) is 14.8. The van der Waals surface area contributed by atoms with Gasteiger partial charge in [0.15, 0.2) is 39.7 Å². The third-order valence-electron chi connectivity index (χ3n) is 11.0. The van der Waals surface area contributed by atoms with Crippen LogP contribution in [0.3, 0.4) is 0 Å². The maximum Gasteiger partial charge on any atom is 0.350 e. The fourth-order valence-electron chi connectivity index (χ4n) is 8.07. The number of phenols is 2. The van der Waals surface area contributed by atoms with E-state index in [9.17, 15) is 38.9 Å². The maximum atomic E-state index is 14.1. The van der Waals surface area contributed by atoms with Gasteiger partial charge in [0.2, 0.25) is 23.2 Å². The van der Waals surface area contributed by atoms with Crippen LogP contribution in [-0.4, -0.2) is 126 Å². The average Bonchev–Trinajstić information content (AvgIpc) is 3.83. The van der Waals surface area contributed by atoms with E-state index in [1.807, 2.05) is 0 Å². The van der Waals surface area contributed by atoms with E-state index in [4.69, 9.17) is 10.6 Å². The number of nitrogens with one attached hydrogen (secondary N) is 1.